The summed E-state index contributed by atoms with van der Waals surface area (Å²) in [6.07, 6.45) is 3.43. The standard InChI is InChI=1S/C11H23NO2/c1-4-11(2,13)9-12-7-5-10(14-3)6-8-12/h10,13H,4-9H2,1-3H3. The normalized spacial score (nSPS) is 24.9. The summed E-state index contributed by atoms with van der Waals surface area (Å²) in [4.78, 5) is 2.33. The Bertz CT molecular complexity index is 163. The van der Waals surface area contributed by atoms with Crippen LogP contribution >= 0.6 is 0 Å². The van der Waals surface area contributed by atoms with Crippen molar-refractivity contribution in [1.29, 1.82) is 0 Å². The molecule has 0 saturated carbocycles. The Morgan fingerprint density at radius 1 is 1.43 bits per heavy atom. The molecule has 1 aliphatic heterocycles. The van der Waals surface area contributed by atoms with Crippen molar-refractivity contribution in [1.82, 2.24) is 4.90 Å². The van der Waals surface area contributed by atoms with Crippen molar-refractivity contribution in [3.8, 4) is 0 Å². The van der Waals surface area contributed by atoms with Crippen LogP contribution in [-0.4, -0.2) is 48.5 Å². The maximum Gasteiger partial charge on any atom is 0.0743 e. The second-order valence-corrected chi connectivity index (χ2v) is 4.56. The summed E-state index contributed by atoms with van der Waals surface area (Å²) in [5.41, 5.74) is -0.528. The van der Waals surface area contributed by atoms with Gasteiger partial charge in [-0.05, 0) is 26.2 Å². The molecule has 14 heavy (non-hydrogen) atoms. The van der Waals surface area contributed by atoms with Crippen molar-refractivity contribution in [2.24, 2.45) is 0 Å². The molecule has 1 heterocycles. The summed E-state index contributed by atoms with van der Waals surface area (Å²) in [5.74, 6) is 0. The lowest BCUT2D eigenvalue weighted by atomic mass is 10.0. The van der Waals surface area contributed by atoms with Gasteiger partial charge < -0.3 is 14.7 Å². The Kier molecular flexibility index (Phi) is 4.35. The van der Waals surface area contributed by atoms with Gasteiger partial charge in [-0.15, -0.1) is 0 Å². The van der Waals surface area contributed by atoms with Gasteiger partial charge in [-0.1, -0.05) is 6.92 Å². The first-order valence-electron chi connectivity index (χ1n) is 5.55. The number of methoxy groups -OCH3 is 1. The lowest BCUT2D eigenvalue weighted by Crippen LogP contribution is -2.45. The molecular weight excluding hydrogens is 178 g/mol. The molecule has 1 unspecified atom stereocenters. The Morgan fingerprint density at radius 3 is 2.43 bits per heavy atom. The average Bonchev–Trinajstić information content (AvgIpc) is 2.19. The van der Waals surface area contributed by atoms with E-state index in [9.17, 15) is 5.11 Å². The van der Waals surface area contributed by atoms with E-state index >= 15 is 0 Å². The summed E-state index contributed by atoms with van der Waals surface area (Å²) in [6.45, 7) is 6.83. The number of likely N-dealkylation sites (tertiary alicyclic amines) is 1. The molecule has 0 aromatic carbocycles. The Hall–Kier alpha value is -0.120. The third-order valence-corrected chi connectivity index (χ3v) is 3.19. The van der Waals surface area contributed by atoms with E-state index in [0.29, 0.717) is 6.10 Å². The second kappa shape index (κ2) is 5.10. The molecule has 0 spiro atoms. The number of hydrogen-bond donors (Lipinski definition) is 1. The van der Waals surface area contributed by atoms with Crippen LogP contribution in [-0.2, 0) is 4.74 Å². The topological polar surface area (TPSA) is 32.7 Å². The number of aliphatic hydroxyl groups is 1. The zero-order chi connectivity index (χ0) is 10.6. The van der Waals surface area contributed by atoms with Crippen LogP contribution in [0.5, 0.6) is 0 Å². The number of nitrogens with zero attached hydrogens (tertiary/aromatic N) is 1. The van der Waals surface area contributed by atoms with Crippen LogP contribution in [0.25, 0.3) is 0 Å². The molecule has 1 saturated heterocycles. The largest absolute Gasteiger partial charge is 0.389 e. The van der Waals surface area contributed by atoms with Gasteiger partial charge in [0.05, 0.1) is 11.7 Å². The summed E-state index contributed by atoms with van der Waals surface area (Å²) in [5, 5.41) is 9.93. The lowest BCUT2D eigenvalue weighted by Gasteiger charge is -2.35. The number of ether oxygens (including phenoxy) is 1. The molecule has 0 aromatic rings. The molecule has 0 amide bonds. The summed E-state index contributed by atoms with van der Waals surface area (Å²) in [6, 6.07) is 0. The van der Waals surface area contributed by atoms with Crippen molar-refractivity contribution in [2.75, 3.05) is 26.7 Å². The fraction of sp³-hybridized carbons (Fsp3) is 1.00. The predicted molar refractivity (Wildman–Crippen MR) is 57.4 cm³/mol. The highest BCUT2D eigenvalue weighted by Gasteiger charge is 2.25. The maximum atomic E-state index is 9.93. The predicted octanol–water partition coefficient (Wildman–Crippen LogP) is 1.26. The molecule has 1 rings (SSSR count). The minimum Gasteiger partial charge on any atom is -0.389 e. The van der Waals surface area contributed by atoms with Gasteiger partial charge in [-0.25, -0.2) is 0 Å². The van der Waals surface area contributed by atoms with Crippen molar-refractivity contribution in [3.63, 3.8) is 0 Å². The molecule has 3 nitrogen and oxygen atoms in total. The van der Waals surface area contributed by atoms with Crippen LogP contribution in [0.2, 0.25) is 0 Å². The molecule has 0 radical (unpaired) electrons. The van der Waals surface area contributed by atoms with Gasteiger partial charge in [0.1, 0.15) is 0 Å². The van der Waals surface area contributed by atoms with Gasteiger partial charge in [0.25, 0.3) is 0 Å². The third kappa shape index (κ3) is 3.56. The highest BCUT2D eigenvalue weighted by molar-refractivity contribution is 4.80. The summed E-state index contributed by atoms with van der Waals surface area (Å²) < 4.78 is 5.31. The number of hydrogen-bond acceptors (Lipinski definition) is 3. The van der Waals surface area contributed by atoms with Crippen LogP contribution in [0.4, 0.5) is 0 Å². The molecular formula is C11H23NO2. The summed E-state index contributed by atoms with van der Waals surface area (Å²) in [7, 11) is 1.78. The average molecular weight is 201 g/mol. The van der Waals surface area contributed by atoms with Crippen molar-refractivity contribution in [2.45, 2.75) is 44.8 Å². The van der Waals surface area contributed by atoms with E-state index in [1.165, 1.54) is 0 Å². The van der Waals surface area contributed by atoms with Crippen molar-refractivity contribution >= 4 is 0 Å². The van der Waals surface area contributed by atoms with E-state index in [-0.39, 0.29) is 0 Å². The lowest BCUT2D eigenvalue weighted by molar-refractivity contribution is -0.0133. The fourth-order valence-corrected chi connectivity index (χ4v) is 1.90. The van der Waals surface area contributed by atoms with Crippen molar-refractivity contribution < 1.29 is 9.84 Å². The van der Waals surface area contributed by atoms with E-state index in [1.807, 2.05) is 13.8 Å². The van der Waals surface area contributed by atoms with E-state index in [2.05, 4.69) is 4.90 Å². The summed E-state index contributed by atoms with van der Waals surface area (Å²) >= 11 is 0. The van der Waals surface area contributed by atoms with Gasteiger partial charge >= 0.3 is 0 Å². The van der Waals surface area contributed by atoms with Gasteiger partial charge in [0.15, 0.2) is 0 Å². The Labute approximate surface area is 87.1 Å². The molecule has 1 aliphatic rings. The molecule has 1 N–H and O–H groups in total. The SMILES string of the molecule is CCC(C)(O)CN1CCC(OC)CC1. The Morgan fingerprint density at radius 2 is 2.00 bits per heavy atom. The smallest absolute Gasteiger partial charge is 0.0743 e. The number of rotatable bonds is 4. The Balaban J connectivity index is 2.28. The van der Waals surface area contributed by atoms with Crippen LogP contribution in [0.1, 0.15) is 33.1 Å². The van der Waals surface area contributed by atoms with Gasteiger partial charge in [0.2, 0.25) is 0 Å². The first-order chi connectivity index (χ1) is 6.57. The van der Waals surface area contributed by atoms with Crippen LogP contribution in [0, 0.1) is 0 Å². The minimum absolute atomic E-state index is 0.429. The molecule has 1 atom stereocenters. The highest BCUT2D eigenvalue weighted by Crippen LogP contribution is 2.17. The zero-order valence-corrected chi connectivity index (χ0v) is 9.62. The first-order valence-corrected chi connectivity index (χ1v) is 5.55. The number of β-amino-alcohol motifs (C(OH)–C–C–N with tert-alkyl or cyclic N) is 1. The van der Waals surface area contributed by atoms with Gasteiger partial charge in [-0.3, -0.25) is 0 Å². The highest BCUT2D eigenvalue weighted by atomic mass is 16.5. The molecule has 0 aromatic heterocycles. The second-order valence-electron chi connectivity index (χ2n) is 4.56. The molecule has 84 valence electrons. The molecule has 0 bridgehead atoms. The van der Waals surface area contributed by atoms with E-state index in [4.69, 9.17) is 4.74 Å². The van der Waals surface area contributed by atoms with Gasteiger partial charge in [0, 0.05) is 26.7 Å². The molecule has 1 fully saturated rings. The zero-order valence-electron chi connectivity index (χ0n) is 9.62. The quantitative estimate of drug-likeness (QED) is 0.743. The monoisotopic (exact) mass is 201 g/mol. The van der Waals surface area contributed by atoms with E-state index < -0.39 is 5.60 Å². The first kappa shape index (κ1) is 12.0. The minimum atomic E-state index is -0.528. The van der Waals surface area contributed by atoms with Crippen LogP contribution in [0.3, 0.4) is 0 Å². The van der Waals surface area contributed by atoms with Gasteiger partial charge in [-0.2, -0.15) is 0 Å². The van der Waals surface area contributed by atoms with Crippen LogP contribution < -0.4 is 0 Å². The van der Waals surface area contributed by atoms with E-state index in [0.717, 1.165) is 38.9 Å². The van der Waals surface area contributed by atoms with Crippen LogP contribution in [0.15, 0.2) is 0 Å². The maximum absolute atomic E-state index is 9.93. The van der Waals surface area contributed by atoms with E-state index in [1.54, 1.807) is 7.11 Å². The third-order valence-electron chi connectivity index (χ3n) is 3.19. The molecule has 3 heteroatoms. The van der Waals surface area contributed by atoms with Crippen molar-refractivity contribution in [3.05, 3.63) is 0 Å². The molecule has 0 aliphatic carbocycles. The number of piperidine rings is 1. The fourth-order valence-electron chi connectivity index (χ4n) is 1.90.